The molecule has 1 N–H and O–H groups in total. The number of esters is 1. The molecule has 8 nitrogen and oxygen atoms in total. The zero-order valence-corrected chi connectivity index (χ0v) is 19.3. The monoisotopic (exact) mass is 458 g/mol. The van der Waals surface area contributed by atoms with Crippen molar-refractivity contribution < 1.29 is 9.53 Å². The number of carbonyl (C=O) groups is 1. The van der Waals surface area contributed by atoms with Crippen molar-refractivity contribution in [3.8, 4) is 5.69 Å². The fourth-order valence-electron chi connectivity index (χ4n) is 4.50. The predicted molar refractivity (Wildman–Crippen MR) is 131 cm³/mol. The SMILES string of the molecule is O=C(CN1CCN(CCCc2c[nH]c3ccc(-n4cnnc4)cc23)CC1)OCc1ccccc1. The van der Waals surface area contributed by atoms with Gasteiger partial charge in [0.2, 0.25) is 0 Å². The number of nitrogens with zero attached hydrogens (tertiary/aromatic N) is 5. The van der Waals surface area contributed by atoms with Crippen molar-refractivity contribution in [2.24, 2.45) is 0 Å². The molecule has 0 unspecified atom stereocenters. The van der Waals surface area contributed by atoms with Gasteiger partial charge in [-0.15, -0.1) is 10.2 Å². The maximum atomic E-state index is 12.2. The molecule has 2 aromatic carbocycles. The van der Waals surface area contributed by atoms with Gasteiger partial charge in [-0.3, -0.25) is 14.3 Å². The largest absolute Gasteiger partial charge is 0.460 e. The van der Waals surface area contributed by atoms with E-state index in [1.165, 1.54) is 10.9 Å². The summed E-state index contributed by atoms with van der Waals surface area (Å²) in [7, 11) is 0. The fourth-order valence-corrected chi connectivity index (χ4v) is 4.50. The Labute approximate surface area is 199 Å². The summed E-state index contributed by atoms with van der Waals surface area (Å²) in [5.41, 5.74) is 4.58. The van der Waals surface area contributed by atoms with Gasteiger partial charge in [0.25, 0.3) is 0 Å². The molecule has 8 heteroatoms. The van der Waals surface area contributed by atoms with Crippen LogP contribution in [0, 0.1) is 0 Å². The predicted octanol–water partition coefficient (Wildman–Crippen LogP) is 3.04. The summed E-state index contributed by atoms with van der Waals surface area (Å²) in [5, 5.41) is 9.06. The molecule has 1 saturated heterocycles. The summed E-state index contributed by atoms with van der Waals surface area (Å²) in [4.78, 5) is 20.3. The first-order valence-electron chi connectivity index (χ1n) is 11.8. The van der Waals surface area contributed by atoms with E-state index in [9.17, 15) is 4.79 Å². The van der Waals surface area contributed by atoms with E-state index >= 15 is 0 Å². The molecule has 0 radical (unpaired) electrons. The number of H-pyrrole nitrogens is 1. The van der Waals surface area contributed by atoms with Crippen LogP contribution in [-0.2, 0) is 22.6 Å². The van der Waals surface area contributed by atoms with Gasteiger partial charge < -0.3 is 14.6 Å². The minimum Gasteiger partial charge on any atom is -0.460 e. The molecule has 34 heavy (non-hydrogen) atoms. The molecule has 0 amide bonds. The molecule has 1 aliphatic rings. The first kappa shape index (κ1) is 22.3. The number of rotatable bonds is 9. The molecule has 176 valence electrons. The van der Waals surface area contributed by atoms with Crippen LogP contribution in [0.25, 0.3) is 16.6 Å². The van der Waals surface area contributed by atoms with E-state index in [4.69, 9.17) is 4.74 Å². The molecule has 0 atom stereocenters. The van der Waals surface area contributed by atoms with Crippen molar-refractivity contribution in [2.75, 3.05) is 39.3 Å². The zero-order valence-electron chi connectivity index (χ0n) is 19.3. The summed E-state index contributed by atoms with van der Waals surface area (Å²) in [6.45, 7) is 5.53. The van der Waals surface area contributed by atoms with Gasteiger partial charge in [-0.1, -0.05) is 30.3 Å². The van der Waals surface area contributed by atoms with E-state index in [0.717, 1.165) is 62.3 Å². The Bertz CT molecular complexity index is 1200. The van der Waals surface area contributed by atoms with E-state index in [0.29, 0.717) is 13.2 Å². The highest BCUT2D eigenvalue weighted by atomic mass is 16.5. The lowest BCUT2D eigenvalue weighted by Crippen LogP contribution is -2.48. The van der Waals surface area contributed by atoms with Crippen molar-refractivity contribution in [1.29, 1.82) is 0 Å². The molecule has 5 rings (SSSR count). The lowest BCUT2D eigenvalue weighted by molar-refractivity contribution is -0.146. The van der Waals surface area contributed by atoms with Crippen LogP contribution >= 0.6 is 0 Å². The fraction of sp³-hybridized carbons (Fsp3) is 0.346. The van der Waals surface area contributed by atoms with Gasteiger partial charge in [-0.05, 0) is 48.7 Å². The number of nitrogens with one attached hydrogen (secondary N) is 1. The Kier molecular flexibility index (Phi) is 6.97. The van der Waals surface area contributed by atoms with E-state index < -0.39 is 0 Å². The van der Waals surface area contributed by atoms with Crippen molar-refractivity contribution in [1.82, 2.24) is 29.5 Å². The number of hydrogen-bond donors (Lipinski definition) is 1. The van der Waals surface area contributed by atoms with Crippen LogP contribution in [0.1, 0.15) is 17.5 Å². The highest BCUT2D eigenvalue weighted by Gasteiger charge is 2.19. The Morgan fingerprint density at radius 1 is 0.971 bits per heavy atom. The van der Waals surface area contributed by atoms with E-state index in [2.05, 4.69) is 49.4 Å². The number of aromatic amines is 1. The third-order valence-electron chi connectivity index (χ3n) is 6.45. The minimum atomic E-state index is -0.150. The number of piperazine rings is 1. The van der Waals surface area contributed by atoms with Crippen LogP contribution in [0.5, 0.6) is 0 Å². The van der Waals surface area contributed by atoms with E-state index in [1.807, 2.05) is 34.9 Å². The molecule has 0 spiro atoms. The summed E-state index contributed by atoms with van der Waals surface area (Å²) in [6.07, 6.45) is 7.69. The summed E-state index contributed by atoms with van der Waals surface area (Å²) < 4.78 is 7.35. The highest BCUT2D eigenvalue weighted by molar-refractivity contribution is 5.85. The Balaban J connectivity index is 1.05. The first-order valence-corrected chi connectivity index (χ1v) is 11.8. The summed E-state index contributed by atoms with van der Waals surface area (Å²) in [5.74, 6) is -0.150. The topological polar surface area (TPSA) is 79.3 Å². The van der Waals surface area contributed by atoms with Crippen molar-refractivity contribution in [3.05, 3.63) is 78.5 Å². The van der Waals surface area contributed by atoms with Gasteiger partial charge in [0.15, 0.2) is 0 Å². The molecule has 1 fully saturated rings. The van der Waals surface area contributed by atoms with Gasteiger partial charge in [0, 0.05) is 49.0 Å². The average Bonchev–Trinajstić information content (AvgIpc) is 3.55. The van der Waals surface area contributed by atoms with E-state index in [1.54, 1.807) is 12.7 Å². The van der Waals surface area contributed by atoms with Crippen LogP contribution in [0.2, 0.25) is 0 Å². The standard InChI is InChI=1S/C26H30N6O2/c33-26(34-18-21-5-2-1-3-6-21)17-31-13-11-30(12-14-31)10-4-7-22-16-27-25-9-8-23(15-24(22)25)32-19-28-29-20-32/h1-3,5-6,8-9,15-16,19-20,27H,4,7,10-14,17-18H2. The molecule has 3 heterocycles. The van der Waals surface area contributed by atoms with Crippen molar-refractivity contribution in [3.63, 3.8) is 0 Å². The third-order valence-corrected chi connectivity index (χ3v) is 6.45. The molecule has 0 saturated carbocycles. The van der Waals surface area contributed by atoms with Gasteiger partial charge in [0.1, 0.15) is 19.3 Å². The normalized spacial score (nSPS) is 15.1. The average molecular weight is 459 g/mol. The van der Waals surface area contributed by atoms with Gasteiger partial charge in [-0.25, -0.2) is 0 Å². The molecular weight excluding hydrogens is 428 g/mol. The molecular formula is C26H30N6O2. The number of fused-ring (bicyclic) bond motifs is 1. The maximum Gasteiger partial charge on any atom is 0.320 e. The number of benzene rings is 2. The Hall–Kier alpha value is -3.49. The Morgan fingerprint density at radius 3 is 2.53 bits per heavy atom. The lowest BCUT2D eigenvalue weighted by Gasteiger charge is -2.34. The third kappa shape index (κ3) is 5.52. The maximum absolute atomic E-state index is 12.2. The lowest BCUT2D eigenvalue weighted by atomic mass is 10.1. The quantitative estimate of drug-likeness (QED) is 0.389. The zero-order chi connectivity index (χ0) is 23.2. The second kappa shape index (κ2) is 10.6. The van der Waals surface area contributed by atoms with Crippen molar-refractivity contribution >= 4 is 16.9 Å². The van der Waals surface area contributed by atoms with Crippen LogP contribution in [-0.4, -0.2) is 74.8 Å². The second-order valence-corrected chi connectivity index (χ2v) is 8.78. The number of aromatic nitrogens is 4. The van der Waals surface area contributed by atoms with Gasteiger partial charge >= 0.3 is 5.97 Å². The summed E-state index contributed by atoms with van der Waals surface area (Å²) >= 11 is 0. The molecule has 1 aliphatic heterocycles. The van der Waals surface area contributed by atoms with Crippen LogP contribution in [0.4, 0.5) is 0 Å². The number of aryl methyl sites for hydroxylation is 1. The summed E-state index contributed by atoms with van der Waals surface area (Å²) in [6, 6.07) is 16.2. The first-order chi connectivity index (χ1) is 16.7. The van der Waals surface area contributed by atoms with Crippen molar-refractivity contribution in [2.45, 2.75) is 19.4 Å². The molecule has 2 aromatic heterocycles. The molecule has 0 aliphatic carbocycles. The molecule has 0 bridgehead atoms. The number of ether oxygens (including phenoxy) is 1. The van der Waals surface area contributed by atoms with Crippen LogP contribution in [0.15, 0.2) is 67.4 Å². The minimum absolute atomic E-state index is 0.150. The second-order valence-electron chi connectivity index (χ2n) is 8.78. The number of hydrogen-bond acceptors (Lipinski definition) is 6. The number of carbonyl (C=O) groups excluding carboxylic acids is 1. The van der Waals surface area contributed by atoms with Crippen LogP contribution in [0.3, 0.4) is 0 Å². The van der Waals surface area contributed by atoms with Gasteiger partial charge in [-0.2, -0.15) is 0 Å². The Morgan fingerprint density at radius 2 is 1.74 bits per heavy atom. The van der Waals surface area contributed by atoms with Gasteiger partial charge in [0.05, 0.1) is 6.54 Å². The van der Waals surface area contributed by atoms with E-state index in [-0.39, 0.29) is 5.97 Å². The van der Waals surface area contributed by atoms with Crippen LogP contribution < -0.4 is 0 Å². The molecule has 4 aromatic rings. The highest BCUT2D eigenvalue weighted by Crippen LogP contribution is 2.23. The smallest absolute Gasteiger partial charge is 0.320 e.